The maximum absolute atomic E-state index is 15.5. The summed E-state index contributed by atoms with van der Waals surface area (Å²) in [7, 11) is 0. The van der Waals surface area contributed by atoms with E-state index in [1.54, 1.807) is 9.42 Å². The molecule has 4 heterocycles. The molecule has 1 fully saturated rings. The summed E-state index contributed by atoms with van der Waals surface area (Å²) >= 11 is 0. The average Bonchev–Trinajstić information content (AvgIpc) is 3.06. The lowest BCUT2D eigenvalue weighted by atomic mass is 9.93. The Balaban J connectivity index is 1.44. The highest BCUT2D eigenvalue weighted by Gasteiger charge is 2.37. The van der Waals surface area contributed by atoms with Gasteiger partial charge < -0.3 is 19.7 Å². The predicted molar refractivity (Wildman–Crippen MR) is 111 cm³/mol. The Kier molecular flexibility index (Phi) is 5.23. The number of fused-ring (bicyclic) bond motifs is 3. The molecular formula is C21H30FN5O3. The molecule has 30 heavy (non-hydrogen) atoms. The summed E-state index contributed by atoms with van der Waals surface area (Å²) in [5.41, 5.74) is 0.539. The molecule has 1 saturated heterocycles. The number of rotatable bonds is 3. The zero-order chi connectivity index (χ0) is 21.5. The lowest BCUT2D eigenvalue weighted by Crippen LogP contribution is -2.48. The van der Waals surface area contributed by atoms with Gasteiger partial charge in [-0.15, -0.1) is 5.10 Å². The predicted octanol–water partition coefficient (Wildman–Crippen LogP) is 3.51. The van der Waals surface area contributed by atoms with Gasteiger partial charge in [0.1, 0.15) is 11.3 Å². The molecule has 164 valence electrons. The monoisotopic (exact) mass is 419 g/mol. The number of piperidine rings is 1. The molecule has 4 rings (SSSR count). The van der Waals surface area contributed by atoms with Crippen molar-refractivity contribution in [1.82, 2.24) is 19.5 Å². The van der Waals surface area contributed by atoms with Gasteiger partial charge in [-0.2, -0.15) is 0 Å². The van der Waals surface area contributed by atoms with Gasteiger partial charge in [0.25, 0.3) is 0 Å². The minimum atomic E-state index is -1.41. The molecule has 0 bridgehead atoms. The van der Waals surface area contributed by atoms with Crippen LogP contribution >= 0.6 is 0 Å². The number of hydrogen-bond acceptors (Lipinski definition) is 6. The third kappa shape index (κ3) is 4.29. The van der Waals surface area contributed by atoms with Gasteiger partial charge in [0.15, 0.2) is 17.2 Å². The first-order valence-electron chi connectivity index (χ1n) is 10.6. The number of nitrogens with zero attached hydrogens (tertiary/aromatic N) is 4. The third-order valence-corrected chi connectivity index (χ3v) is 5.48. The minimum Gasteiger partial charge on any atom is -0.489 e. The van der Waals surface area contributed by atoms with Crippen LogP contribution in [0.4, 0.5) is 15.0 Å². The van der Waals surface area contributed by atoms with Crippen LogP contribution in [0, 0.1) is 6.92 Å². The lowest BCUT2D eigenvalue weighted by Gasteiger charge is -2.37. The van der Waals surface area contributed by atoms with Crippen molar-refractivity contribution in [2.45, 2.75) is 64.6 Å². The van der Waals surface area contributed by atoms with Gasteiger partial charge in [-0.25, -0.2) is 18.7 Å². The second kappa shape index (κ2) is 7.59. The molecular weight excluding hydrogens is 389 g/mol. The van der Waals surface area contributed by atoms with E-state index in [0.29, 0.717) is 31.2 Å². The van der Waals surface area contributed by atoms with Gasteiger partial charge in [0, 0.05) is 31.5 Å². The van der Waals surface area contributed by atoms with Crippen LogP contribution in [0.3, 0.4) is 0 Å². The highest BCUT2D eigenvalue weighted by molar-refractivity contribution is 5.68. The summed E-state index contributed by atoms with van der Waals surface area (Å²) in [5.74, 6) is 1.38. The van der Waals surface area contributed by atoms with Crippen LogP contribution in [0.2, 0.25) is 0 Å². The Bertz CT molecular complexity index is 944. The van der Waals surface area contributed by atoms with Gasteiger partial charge in [-0.1, -0.05) is 0 Å². The first-order valence-corrected chi connectivity index (χ1v) is 10.6. The SMILES string of the molecule is Cc1cn2nc(NCC3(F)CCN(C(=O)OC(C)(C)C)CC3)c3c(c2n1)OCCC3. The van der Waals surface area contributed by atoms with Crippen molar-refractivity contribution < 1.29 is 18.7 Å². The first-order chi connectivity index (χ1) is 14.1. The number of aryl methyl sites for hydroxylation is 1. The highest BCUT2D eigenvalue weighted by atomic mass is 19.1. The third-order valence-electron chi connectivity index (χ3n) is 5.48. The fraction of sp³-hybridized carbons (Fsp3) is 0.667. The molecule has 2 aromatic rings. The molecule has 9 heteroatoms. The molecule has 0 radical (unpaired) electrons. The van der Waals surface area contributed by atoms with E-state index >= 15 is 4.39 Å². The van der Waals surface area contributed by atoms with E-state index in [0.717, 1.165) is 29.8 Å². The van der Waals surface area contributed by atoms with Crippen LogP contribution in [0.5, 0.6) is 5.75 Å². The number of nitrogens with one attached hydrogen (secondary N) is 1. The second-order valence-corrected chi connectivity index (χ2v) is 9.23. The van der Waals surface area contributed by atoms with Crippen molar-refractivity contribution in [3.8, 4) is 5.75 Å². The van der Waals surface area contributed by atoms with E-state index in [1.807, 2.05) is 33.9 Å². The zero-order valence-corrected chi connectivity index (χ0v) is 18.1. The molecule has 2 aliphatic rings. The number of ether oxygens (including phenoxy) is 2. The quantitative estimate of drug-likeness (QED) is 0.820. The second-order valence-electron chi connectivity index (χ2n) is 9.23. The van der Waals surface area contributed by atoms with Gasteiger partial charge in [-0.3, -0.25) is 0 Å². The number of aromatic nitrogens is 3. The molecule has 0 unspecified atom stereocenters. The van der Waals surface area contributed by atoms with Gasteiger partial charge in [0.05, 0.1) is 25.0 Å². The van der Waals surface area contributed by atoms with Crippen LogP contribution in [-0.2, 0) is 11.2 Å². The minimum absolute atomic E-state index is 0.133. The normalized spacial score (nSPS) is 18.6. The topological polar surface area (TPSA) is 81.0 Å². The van der Waals surface area contributed by atoms with Crippen molar-refractivity contribution in [2.24, 2.45) is 0 Å². The van der Waals surface area contributed by atoms with E-state index in [1.165, 1.54) is 0 Å². The summed E-state index contributed by atoms with van der Waals surface area (Å²) in [6.45, 7) is 8.84. The number of imidazole rings is 1. The summed E-state index contributed by atoms with van der Waals surface area (Å²) in [6, 6.07) is 0. The van der Waals surface area contributed by atoms with Crippen LogP contribution in [0.25, 0.3) is 5.65 Å². The van der Waals surface area contributed by atoms with E-state index in [9.17, 15) is 4.79 Å². The van der Waals surface area contributed by atoms with Crippen molar-refractivity contribution in [3.05, 3.63) is 17.5 Å². The van der Waals surface area contributed by atoms with Gasteiger partial charge >= 0.3 is 6.09 Å². The summed E-state index contributed by atoms with van der Waals surface area (Å²) < 4.78 is 28.4. The molecule has 0 spiro atoms. The smallest absolute Gasteiger partial charge is 0.410 e. The number of carbonyl (C=O) groups is 1. The zero-order valence-electron chi connectivity index (χ0n) is 18.1. The molecule has 2 aliphatic heterocycles. The Morgan fingerprint density at radius 1 is 1.37 bits per heavy atom. The van der Waals surface area contributed by atoms with Gasteiger partial charge in [-0.05, 0) is 40.5 Å². The van der Waals surface area contributed by atoms with Crippen LogP contribution in [-0.4, -0.2) is 63.1 Å². The number of hydrogen-bond donors (Lipinski definition) is 1. The molecule has 8 nitrogen and oxygen atoms in total. The highest BCUT2D eigenvalue weighted by Crippen LogP contribution is 2.35. The van der Waals surface area contributed by atoms with Crippen LogP contribution in [0.15, 0.2) is 6.20 Å². The number of likely N-dealkylation sites (tertiary alicyclic amines) is 1. The van der Waals surface area contributed by atoms with Gasteiger partial charge in [0.2, 0.25) is 0 Å². The first kappa shape index (κ1) is 20.7. The van der Waals surface area contributed by atoms with Crippen molar-refractivity contribution in [3.63, 3.8) is 0 Å². The lowest BCUT2D eigenvalue weighted by molar-refractivity contribution is 0.00574. The molecule has 0 aromatic carbocycles. The standard InChI is InChI=1S/C21H30FN5O3/c1-14-12-27-18(24-14)16-15(6-5-11-29-16)17(25-27)23-13-21(22)7-9-26(10-8-21)19(28)30-20(2,3)4/h12H,5-11,13H2,1-4H3,(H,23,25). The molecule has 0 aliphatic carbocycles. The fourth-order valence-electron chi connectivity index (χ4n) is 3.91. The number of amides is 1. The Morgan fingerprint density at radius 3 is 2.80 bits per heavy atom. The summed E-state index contributed by atoms with van der Waals surface area (Å²) in [6.07, 6.45) is 3.67. The molecule has 1 amide bonds. The van der Waals surface area contributed by atoms with E-state index in [2.05, 4.69) is 15.4 Å². The maximum Gasteiger partial charge on any atom is 0.410 e. The van der Waals surface area contributed by atoms with Crippen LogP contribution in [0.1, 0.15) is 51.3 Å². The number of carbonyl (C=O) groups excluding carboxylic acids is 1. The number of alkyl halides is 1. The Labute approximate surface area is 175 Å². The maximum atomic E-state index is 15.5. The Hall–Kier alpha value is -2.58. The number of halogens is 1. The molecule has 1 N–H and O–H groups in total. The largest absolute Gasteiger partial charge is 0.489 e. The summed E-state index contributed by atoms with van der Waals surface area (Å²) in [5, 5.41) is 7.84. The van der Waals surface area contributed by atoms with E-state index < -0.39 is 11.3 Å². The average molecular weight is 420 g/mol. The molecule has 0 saturated carbocycles. The van der Waals surface area contributed by atoms with Crippen LogP contribution < -0.4 is 10.1 Å². The van der Waals surface area contributed by atoms with E-state index in [-0.39, 0.29) is 25.5 Å². The molecule has 2 aromatic heterocycles. The van der Waals surface area contributed by atoms with Crippen molar-refractivity contribution in [1.29, 1.82) is 0 Å². The Morgan fingerprint density at radius 2 is 2.10 bits per heavy atom. The summed E-state index contributed by atoms with van der Waals surface area (Å²) in [4.78, 5) is 18.3. The van der Waals surface area contributed by atoms with Crippen molar-refractivity contribution in [2.75, 3.05) is 31.6 Å². The van der Waals surface area contributed by atoms with E-state index in [4.69, 9.17) is 9.47 Å². The van der Waals surface area contributed by atoms with Crippen molar-refractivity contribution >= 4 is 17.6 Å². The number of anilines is 1. The molecule has 0 atom stereocenters. The fourth-order valence-corrected chi connectivity index (χ4v) is 3.91.